The molecule has 10 heteroatoms. The molecule has 0 N–H and O–H groups in total. The van der Waals surface area contributed by atoms with Crippen LogP contribution in [0.15, 0.2) is 29.2 Å². The molecule has 1 unspecified atom stereocenters. The van der Waals surface area contributed by atoms with Crippen LogP contribution in [0, 0.1) is 5.92 Å². The quantitative estimate of drug-likeness (QED) is 0.763. The largest absolute Gasteiger partial charge is 0.417 e. The summed E-state index contributed by atoms with van der Waals surface area (Å²) in [5.74, 6) is -0.536. The summed E-state index contributed by atoms with van der Waals surface area (Å²) in [5, 5.41) is -1.19. The fourth-order valence-corrected chi connectivity index (χ4v) is 6.36. The minimum Gasteiger partial charge on any atom is -0.223 e. The normalized spacial score (nSPS) is 23.1. The molecule has 1 aliphatic rings. The van der Waals surface area contributed by atoms with E-state index in [0.717, 1.165) is 28.8 Å². The van der Waals surface area contributed by atoms with Gasteiger partial charge in [-0.15, -0.1) is 0 Å². The van der Waals surface area contributed by atoms with Crippen LogP contribution in [0.5, 0.6) is 0 Å². The van der Waals surface area contributed by atoms with Crippen LogP contribution in [-0.4, -0.2) is 45.7 Å². The van der Waals surface area contributed by atoms with Gasteiger partial charge in [0.15, 0.2) is 9.84 Å². The van der Waals surface area contributed by atoms with Crippen molar-refractivity contribution in [1.29, 1.82) is 0 Å². The Morgan fingerprint density at radius 1 is 1.12 bits per heavy atom. The van der Waals surface area contributed by atoms with E-state index in [1.165, 1.54) is 6.07 Å². The molecule has 0 saturated carbocycles. The zero-order valence-corrected chi connectivity index (χ0v) is 15.5. The summed E-state index contributed by atoms with van der Waals surface area (Å²) in [7, 11) is -7.96. The molecule has 0 spiro atoms. The highest BCUT2D eigenvalue weighted by atomic mass is 32.2. The van der Waals surface area contributed by atoms with E-state index in [4.69, 9.17) is 0 Å². The lowest BCUT2D eigenvalue weighted by molar-refractivity contribution is -0.139. The SMILES string of the molecule is CCC[C@@H]1CN(S(C)(=O)=O)CC1S(=O)(=O)c1ccccc1C(F)(F)F. The van der Waals surface area contributed by atoms with Crippen LogP contribution in [0.2, 0.25) is 0 Å². The Kier molecular flexibility index (Phi) is 5.56. The Balaban J connectivity index is 2.52. The molecular weight excluding hydrogens is 379 g/mol. The highest BCUT2D eigenvalue weighted by Gasteiger charge is 2.47. The molecule has 0 aromatic heterocycles. The first-order chi connectivity index (χ1) is 11.4. The van der Waals surface area contributed by atoms with Crippen LogP contribution in [-0.2, 0) is 26.0 Å². The van der Waals surface area contributed by atoms with Gasteiger partial charge in [-0.25, -0.2) is 21.1 Å². The minimum atomic E-state index is -4.81. The summed E-state index contributed by atoms with van der Waals surface area (Å²) in [4.78, 5) is -0.788. The Hall–Kier alpha value is -1.13. The zero-order chi connectivity index (χ0) is 19.0. The number of rotatable bonds is 5. The number of benzene rings is 1. The molecule has 25 heavy (non-hydrogen) atoms. The number of alkyl halides is 3. The molecule has 0 radical (unpaired) electrons. The van der Waals surface area contributed by atoms with E-state index in [-0.39, 0.29) is 13.1 Å². The number of hydrogen-bond donors (Lipinski definition) is 0. The highest BCUT2D eigenvalue weighted by molar-refractivity contribution is 7.92. The molecule has 1 fully saturated rings. The molecule has 2 rings (SSSR count). The third-order valence-corrected chi connectivity index (χ3v) is 7.91. The average Bonchev–Trinajstić information content (AvgIpc) is 2.92. The maximum atomic E-state index is 13.2. The van der Waals surface area contributed by atoms with Crippen LogP contribution in [0.4, 0.5) is 13.2 Å². The second-order valence-corrected chi connectivity index (χ2v) is 10.3. The summed E-state index contributed by atoms with van der Waals surface area (Å²) >= 11 is 0. The maximum absolute atomic E-state index is 13.2. The van der Waals surface area contributed by atoms with Gasteiger partial charge in [-0.2, -0.15) is 13.2 Å². The van der Waals surface area contributed by atoms with Crippen molar-refractivity contribution in [2.75, 3.05) is 19.3 Å². The van der Waals surface area contributed by atoms with Crippen molar-refractivity contribution < 1.29 is 30.0 Å². The Labute approximate surface area is 145 Å². The second kappa shape index (κ2) is 6.88. The summed E-state index contributed by atoms with van der Waals surface area (Å²) in [5.41, 5.74) is -1.22. The van der Waals surface area contributed by atoms with Crippen molar-refractivity contribution in [2.45, 2.75) is 36.1 Å². The van der Waals surface area contributed by atoms with Crippen molar-refractivity contribution in [3.05, 3.63) is 29.8 Å². The van der Waals surface area contributed by atoms with Gasteiger partial charge in [0.2, 0.25) is 10.0 Å². The number of nitrogens with zero attached hydrogens (tertiary/aromatic N) is 1. The van der Waals surface area contributed by atoms with Crippen LogP contribution >= 0.6 is 0 Å². The van der Waals surface area contributed by atoms with Crippen LogP contribution in [0.25, 0.3) is 0 Å². The molecule has 2 atom stereocenters. The van der Waals surface area contributed by atoms with Gasteiger partial charge in [0.05, 0.1) is 22.0 Å². The molecule has 1 aromatic carbocycles. The van der Waals surface area contributed by atoms with Gasteiger partial charge in [0, 0.05) is 13.1 Å². The van der Waals surface area contributed by atoms with E-state index in [1.54, 1.807) is 0 Å². The van der Waals surface area contributed by atoms with Gasteiger partial charge in [-0.1, -0.05) is 25.5 Å². The minimum absolute atomic E-state index is 0.00472. The van der Waals surface area contributed by atoms with Gasteiger partial charge < -0.3 is 0 Å². The Bertz CT molecular complexity index is 835. The molecule has 0 bridgehead atoms. The van der Waals surface area contributed by atoms with Gasteiger partial charge in [0.1, 0.15) is 0 Å². The summed E-state index contributed by atoms with van der Waals surface area (Å²) in [6.45, 7) is 1.50. The third-order valence-electron chi connectivity index (χ3n) is 4.37. The summed E-state index contributed by atoms with van der Waals surface area (Å²) < 4.78 is 90.1. The first-order valence-corrected chi connectivity index (χ1v) is 11.1. The van der Waals surface area contributed by atoms with Crippen molar-refractivity contribution in [1.82, 2.24) is 4.31 Å². The van der Waals surface area contributed by atoms with Gasteiger partial charge in [-0.05, 0) is 24.5 Å². The molecule has 1 heterocycles. The highest BCUT2D eigenvalue weighted by Crippen LogP contribution is 2.38. The number of halogens is 3. The van der Waals surface area contributed by atoms with Gasteiger partial charge in [0.25, 0.3) is 0 Å². The van der Waals surface area contributed by atoms with E-state index in [2.05, 4.69) is 0 Å². The van der Waals surface area contributed by atoms with E-state index in [9.17, 15) is 30.0 Å². The monoisotopic (exact) mass is 399 g/mol. The Morgan fingerprint density at radius 3 is 2.24 bits per heavy atom. The molecule has 5 nitrogen and oxygen atoms in total. The molecule has 1 aliphatic heterocycles. The van der Waals surface area contributed by atoms with Crippen LogP contribution in [0.1, 0.15) is 25.3 Å². The topological polar surface area (TPSA) is 71.5 Å². The number of hydrogen-bond acceptors (Lipinski definition) is 4. The molecular formula is C15H20F3NO4S2. The maximum Gasteiger partial charge on any atom is 0.417 e. The van der Waals surface area contributed by atoms with E-state index in [0.29, 0.717) is 12.8 Å². The van der Waals surface area contributed by atoms with Crippen molar-refractivity contribution in [3.8, 4) is 0 Å². The van der Waals surface area contributed by atoms with Crippen LogP contribution < -0.4 is 0 Å². The van der Waals surface area contributed by atoms with Crippen molar-refractivity contribution in [2.24, 2.45) is 5.92 Å². The predicted molar refractivity (Wildman–Crippen MR) is 87.2 cm³/mol. The lowest BCUT2D eigenvalue weighted by Gasteiger charge is -2.21. The first-order valence-electron chi connectivity index (χ1n) is 7.74. The second-order valence-electron chi connectivity index (χ2n) is 6.21. The third kappa shape index (κ3) is 4.17. The van der Waals surface area contributed by atoms with Crippen LogP contribution in [0.3, 0.4) is 0 Å². The molecule has 1 saturated heterocycles. The first kappa shape index (κ1) is 20.2. The molecule has 1 aromatic rings. The molecule has 0 aliphatic carbocycles. The van der Waals surface area contributed by atoms with Crippen molar-refractivity contribution >= 4 is 19.9 Å². The number of sulfone groups is 1. The smallest absolute Gasteiger partial charge is 0.223 e. The fraction of sp³-hybridized carbons (Fsp3) is 0.600. The predicted octanol–water partition coefficient (Wildman–Crippen LogP) is 2.54. The lowest BCUT2D eigenvalue weighted by Crippen LogP contribution is -2.33. The van der Waals surface area contributed by atoms with Gasteiger partial charge in [-0.3, -0.25) is 0 Å². The summed E-state index contributed by atoms with van der Waals surface area (Å²) in [6, 6.07) is 4.03. The Morgan fingerprint density at radius 2 is 1.72 bits per heavy atom. The van der Waals surface area contributed by atoms with E-state index in [1.807, 2.05) is 6.92 Å². The van der Waals surface area contributed by atoms with E-state index < -0.39 is 47.7 Å². The van der Waals surface area contributed by atoms with Gasteiger partial charge >= 0.3 is 6.18 Å². The number of sulfonamides is 1. The molecule has 142 valence electrons. The summed E-state index contributed by atoms with van der Waals surface area (Å²) in [6.07, 6.45) is -2.81. The fourth-order valence-electron chi connectivity index (χ4n) is 3.19. The zero-order valence-electron chi connectivity index (χ0n) is 13.8. The average molecular weight is 399 g/mol. The lowest BCUT2D eigenvalue weighted by atomic mass is 10.0. The van der Waals surface area contributed by atoms with Crippen molar-refractivity contribution in [3.63, 3.8) is 0 Å². The van der Waals surface area contributed by atoms with E-state index >= 15 is 0 Å². The standard InChI is InChI=1S/C15H20F3NO4S2/c1-3-6-11-9-19(24(2,20)21)10-14(11)25(22,23)13-8-5-4-7-12(13)15(16,17)18/h4-5,7-8,11,14H,3,6,9-10H2,1-2H3/t11-,14?/m1/s1. The molecule has 0 amide bonds.